The maximum absolute atomic E-state index is 12.4. The van der Waals surface area contributed by atoms with E-state index in [1.165, 1.54) is 6.92 Å². The molecule has 0 saturated heterocycles. The molecule has 0 aliphatic heterocycles. The molecule has 0 aromatic heterocycles. The Morgan fingerprint density at radius 1 is 0.897 bits per heavy atom. The summed E-state index contributed by atoms with van der Waals surface area (Å²) in [5, 5.41) is 24.5. The van der Waals surface area contributed by atoms with Crippen LogP contribution in [0.5, 0.6) is 0 Å². The zero-order valence-corrected chi connectivity index (χ0v) is 16.5. The van der Waals surface area contributed by atoms with Crippen LogP contribution in [0.1, 0.15) is 40.0 Å². The van der Waals surface area contributed by atoms with Gasteiger partial charge in [0.2, 0.25) is 17.7 Å². The first-order chi connectivity index (χ1) is 13.4. The van der Waals surface area contributed by atoms with Crippen molar-refractivity contribution in [1.82, 2.24) is 16.0 Å². The van der Waals surface area contributed by atoms with Gasteiger partial charge >= 0.3 is 11.9 Å². The van der Waals surface area contributed by atoms with Gasteiger partial charge in [-0.3, -0.25) is 24.0 Å². The molecule has 12 heteroatoms. The van der Waals surface area contributed by atoms with Gasteiger partial charge in [-0.1, -0.05) is 13.8 Å². The molecule has 29 heavy (non-hydrogen) atoms. The third-order valence-corrected chi connectivity index (χ3v) is 3.94. The van der Waals surface area contributed by atoms with E-state index in [2.05, 4.69) is 16.0 Å². The van der Waals surface area contributed by atoms with Gasteiger partial charge in [-0.05, 0) is 19.3 Å². The number of amides is 3. The van der Waals surface area contributed by atoms with Gasteiger partial charge in [0, 0.05) is 6.42 Å². The van der Waals surface area contributed by atoms with Crippen molar-refractivity contribution >= 4 is 35.9 Å². The first-order valence-corrected chi connectivity index (χ1v) is 8.94. The summed E-state index contributed by atoms with van der Waals surface area (Å²) >= 11 is 0. The summed E-state index contributed by atoms with van der Waals surface area (Å²) in [6.45, 7) is 4.79. The number of nitrogens with two attached hydrogens (primary N) is 1. The average molecular weight is 416 g/mol. The van der Waals surface area contributed by atoms with Crippen LogP contribution in [-0.2, 0) is 28.8 Å². The molecule has 0 spiro atoms. The second-order valence-corrected chi connectivity index (χ2v) is 6.84. The van der Waals surface area contributed by atoms with Gasteiger partial charge in [0.25, 0.3) is 0 Å². The molecule has 0 rings (SSSR count). The number of carbonyl (C=O) groups excluding carboxylic acids is 4. The van der Waals surface area contributed by atoms with Crippen LogP contribution in [0.15, 0.2) is 0 Å². The first kappa shape index (κ1) is 26.0. The van der Waals surface area contributed by atoms with E-state index in [4.69, 9.17) is 15.9 Å². The number of aliphatic carboxylic acids is 2. The number of rotatable bonds is 13. The molecule has 0 aromatic carbocycles. The van der Waals surface area contributed by atoms with Gasteiger partial charge in [-0.25, -0.2) is 0 Å². The van der Waals surface area contributed by atoms with Crippen LogP contribution in [0.3, 0.4) is 0 Å². The number of nitrogens with one attached hydrogen (secondary N) is 3. The Balaban J connectivity index is 5.08. The van der Waals surface area contributed by atoms with Crippen molar-refractivity contribution in [3.63, 3.8) is 0 Å². The van der Waals surface area contributed by atoms with E-state index >= 15 is 0 Å². The number of carbonyl (C=O) groups is 6. The molecule has 0 radical (unpaired) electrons. The molecule has 7 N–H and O–H groups in total. The summed E-state index contributed by atoms with van der Waals surface area (Å²) in [6.07, 6.45) is -0.880. The Bertz CT molecular complexity index is 637. The minimum absolute atomic E-state index is 0.169. The van der Waals surface area contributed by atoms with Crippen molar-refractivity contribution in [2.75, 3.05) is 0 Å². The second-order valence-electron chi connectivity index (χ2n) is 6.84. The van der Waals surface area contributed by atoms with Gasteiger partial charge < -0.3 is 36.7 Å². The highest BCUT2D eigenvalue weighted by Gasteiger charge is 2.28. The third kappa shape index (κ3) is 10.2. The van der Waals surface area contributed by atoms with Crippen LogP contribution < -0.4 is 21.7 Å². The molecule has 0 bridgehead atoms. The van der Waals surface area contributed by atoms with Crippen LogP contribution in [0.2, 0.25) is 0 Å². The average Bonchev–Trinajstić information content (AvgIpc) is 2.61. The summed E-state index contributed by atoms with van der Waals surface area (Å²) < 4.78 is 0. The van der Waals surface area contributed by atoms with Crippen molar-refractivity contribution < 1.29 is 39.0 Å². The maximum atomic E-state index is 12.4. The zero-order chi connectivity index (χ0) is 22.7. The minimum atomic E-state index is -1.44. The molecule has 164 valence electrons. The van der Waals surface area contributed by atoms with E-state index < -0.39 is 66.7 Å². The molecular formula is C17H28N4O8. The molecule has 0 fully saturated rings. The van der Waals surface area contributed by atoms with Crippen LogP contribution in [-0.4, -0.2) is 70.3 Å². The Morgan fingerprint density at radius 2 is 1.48 bits per heavy atom. The number of carboxylic acids is 2. The quantitative estimate of drug-likeness (QED) is 0.183. The van der Waals surface area contributed by atoms with Gasteiger partial charge in [-0.15, -0.1) is 0 Å². The smallest absolute Gasteiger partial charge is 0.305 e. The first-order valence-electron chi connectivity index (χ1n) is 8.94. The topological polar surface area (TPSA) is 205 Å². The van der Waals surface area contributed by atoms with E-state index in [1.807, 2.05) is 0 Å². The molecule has 0 aliphatic rings. The molecule has 0 aromatic rings. The molecule has 0 aliphatic carbocycles. The highest BCUT2D eigenvalue weighted by Crippen LogP contribution is 2.02. The summed E-state index contributed by atoms with van der Waals surface area (Å²) in [5.41, 5.74) is 5.43. The lowest BCUT2D eigenvalue weighted by Crippen LogP contribution is -2.56. The summed E-state index contributed by atoms with van der Waals surface area (Å²) in [6, 6.07) is -4.62. The lowest BCUT2D eigenvalue weighted by atomic mass is 10.1. The normalized spacial score (nSPS) is 14.8. The molecule has 3 amide bonds. The lowest BCUT2D eigenvalue weighted by molar-refractivity contribution is -0.140. The predicted octanol–water partition coefficient (Wildman–Crippen LogP) is -2.02. The second kappa shape index (κ2) is 12.4. The lowest BCUT2D eigenvalue weighted by Gasteiger charge is -2.23. The molecule has 0 unspecified atom stereocenters. The fourth-order valence-corrected chi connectivity index (χ4v) is 2.12. The molecule has 0 heterocycles. The highest BCUT2D eigenvalue weighted by atomic mass is 16.4. The van der Waals surface area contributed by atoms with E-state index in [0.717, 1.165) is 0 Å². The molecule has 4 atom stereocenters. The summed E-state index contributed by atoms with van der Waals surface area (Å²) in [7, 11) is 0. The van der Waals surface area contributed by atoms with E-state index in [-0.39, 0.29) is 12.3 Å². The molecule has 0 saturated carbocycles. The van der Waals surface area contributed by atoms with Gasteiger partial charge in [-0.2, -0.15) is 0 Å². The maximum Gasteiger partial charge on any atom is 0.305 e. The van der Waals surface area contributed by atoms with Gasteiger partial charge in [0.05, 0.1) is 18.5 Å². The summed E-state index contributed by atoms with van der Waals surface area (Å²) in [4.78, 5) is 69.0. The SMILES string of the molecule is CC(C)[C@@H](C=O)NC(=O)[C@H](C)NC(=O)[C@H](CCC(=O)O)NC(=O)[C@@H](N)CC(=O)O. The van der Waals surface area contributed by atoms with Crippen LogP contribution >= 0.6 is 0 Å². The van der Waals surface area contributed by atoms with Crippen molar-refractivity contribution in [3.8, 4) is 0 Å². The summed E-state index contributed by atoms with van der Waals surface area (Å²) in [5.74, 6) is -5.15. The highest BCUT2D eigenvalue weighted by molar-refractivity contribution is 5.94. The van der Waals surface area contributed by atoms with E-state index in [0.29, 0.717) is 6.29 Å². The van der Waals surface area contributed by atoms with Crippen molar-refractivity contribution in [3.05, 3.63) is 0 Å². The van der Waals surface area contributed by atoms with Gasteiger partial charge in [0.1, 0.15) is 18.4 Å². The number of carboxylic acid groups (broad SMARTS) is 2. The monoisotopic (exact) mass is 416 g/mol. The van der Waals surface area contributed by atoms with Gasteiger partial charge in [0.15, 0.2) is 0 Å². The molecular weight excluding hydrogens is 388 g/mol. The fourth-order valence-electron chi connectivity index (χ4n) is 2.12. The van der Waals surface area contributed by atoms with E-state index in [1.54, 1.807) is 13.8 Å². The Kier molecular flexibility index (Phi) is 11.1. The number of aldehydes is 1. The molecule has 12 nitrogen and oxygen atoms in total. The Labute approximate surface area is 167 Å². The van der Waals surface area contributed by atoms with Crippen LogP contribution in [0, 0.1) is 5.92 Å². The van der Waals surface area contributed by atoms with Crippen LogP contribution in [0.4, 0.5) is 0 Å². The van der Waals surface area contributed by atoms with Crippen molar-refractivity contribution in [2.45, 2.75) is 64.2 Å². The van der Waals surface area contributed by atoms with E-state index in [9.17, 15) is 28.8 Å². The fraction of sp³-hybridized carbons (Fsp3) is 0.647. The standard InChI is InChI=1S/C17H28N4O8/c1-8(2)12(7-22)21-15(27)9(3)19-17(29)11(4-5-13(23)24)20-16(28)10(18)6-14(25)26/h7-12H,4-6,18H2,1-3H3,(H,19,29)(H,20,28)(H,21,27)(H,23,24)(H,25,26)/t9-,10-,11-,12+/m0/s1. The minimum Gasteiger partial charge on any atom is -0.481 e. The van der Waals surface area contributed by atoms with Crippen molar-refractivity contribution in [1.29, 1.82) is 0 Å². The number of hydrogen-bond acceptors (Lipinski definition) is 7. The van der Waals surface area contributed by atoms with Crippen molar-refractivity contribution in [2.24, 2.45) is 11.7 Å². The predicted molar refractivity (Wildman–Crippen MR) is 99.5 cm³/mol. The largest absolute Gasteiger partial charge is 0.481 e. The Morgan fingerprint density at radius 3 is 1.93 bits per heavy atom. The number of hydrogen-bond donors (Lipinski definition) is 6. The Hall–Kier alpha value is -3.02. The third-order valence-electron chi connectivity index (χ3n) is 3.94. The van der Waals surface area contributed by atoms with Crippen LogP contribution in [0.25, 0.3) is 0 Å². The zero-order valence-electron chi connectivity index (χ0n) is 16.5.